The Kier molecular flexibility index (Phi) is 5.43. The standard InChI is InChI=1S/C18H20FN3O2S/c1-12-11-25-16(21-12)9-20-17(23)14-3-2-8-22(10-14)18(24)13-4-6-15(19)7-5-13/h4-7,11,14H,2-3,8-10H2,1H3,(H,20,23)/t14-/m0/s1. The average Bonchev–Trinajstić information content (AvgIpc) is 3.05. The Morgan fingerprint density at radius 2 is 2.12 bits per heavy atom. The zero-order valence-electron chi connectivity index (χ0n) is 14.0. The summed E-state index contributed by atoms with van der Waals surface area (Å²) in [4.78, 5) is 30.9. The van der Waals surface area contributed by atoms with Gasteiger partial charge in [0.15, 0.2) is 0 Å². The van der Waals surface area contributed by atoms with Gasteiger partial charge in [-0.15, -0.1) is 11.3 Å². The molecule has 7 heteroatoms. The SMILES string of the molecule is Cc1csc(CNC(=O)[C@H]2CCCN(C(=O)c3ccc(F)cc3)C2)n1. The van der Waals surface area contributed by atoms with Gasteiger partial charge < -0.3 is 10.2 Å². The summed E-state index contributed by atoms with van der Waals surface area (Å²) in [5.41, 5.74) is 1.39. The number of aryl methyl sites for hydroxylation is 1. The third-order valence-corrected chi connectivity index (χ3v) is 5.22. The number of rotatable bonds is 4. The molecule has 0 aliphatic carbocycles. The van der Waals surface area contributed by atoms with Crippen LogP contribution in [-0.2, 0) is 11.3 Å². The highest BCUT2D eigenvalue weighted by atomic mass is 32.1. The number of thiazole rings is 1. The molecule has 1 aromatic carbocycles. The number of likely N-dealkylation sites (tertiary alicyclic amines) is 1. The predicted octanol–water partition coefficient (Wildman–Crippen LogP) is 2.76. The van der Waals surface area contributed by atoms with E-state index in [0.717, 1.165) is 23.5 Å². The minimum absolute atomic E-state index is 0.0514. The van der Waals surface area contributed by atoms with Gasteiger partial charge in [-0.3, -0.25) is 9.59 Å². The third-order valence-electron chi connectivity index (χ3n) is 4.25. The summed E-state index contributed by atoms with van der Waals surface area (Å²) in [5, 5.41) is 5.74. The molecule has 0 unspecified atom stereocenters. The first-order chi connectivity index (χ1) is 12.0. The fourth-order valence-corrected chi connectivity index (χ4v) is 3.65. The van der Waals surface area contributed by atoms with E-state index in [1.807, 2.05) is 12.3 Å². The molecule has 1 saturated heterocycles. The maximum absolute atomic E-state index is 13.0. The number of halogens is 1. The van der Waals surface area contributed by atoms with Gasteiger partial charge in [0.1, 0.15) is 10.8 Å². The van der Waals surface area contributed by atoms with E-state index in [9.17, 15) is 14.0 Å². The summed E-state index contributed by atoms with van der Waals surface area (Å²) < 4.78 is 13.0. The first-order valence-electron chi connectivity index (χ1n) is 8.26. The molecule has 1 N–H and O–H groups in total. The topological polar surface area (TPSA) is 62.3 Å². The van der Waals surface area contributed by atoms with Crippen LogP contribution < -0.4 is 5.32 Å². The number of piperidine rings is 1. The lowest BCUT2D eigenvalue weighted by molar-refractivity contribution is -0.126. The van der Waals surface area contributed by atoms with E-state index in [4.69, 9.17) is 0 Å². The molecule has 1 fully saturated rings. The molecule has 25 heavy (non-hydrogen) atoms. The van der Waals surface area contributed by atoms with Gasteiger partial charge in [-0.1, -0.05) is 0 Å². The fraction of sp³-hybridized carbons (Fsp3) is 0.389. The number of carbonyl (C=O) groups is 2. The highest BCUT2D eigenvalue weighted by Gasteiger charge is 2.28. The molecule has 5 nitrogen and oxygen atoms in total. The predicted molar refractivity (Wildman–Crippen MR) is 93.7 cm³/mol. The molecule has 132 valence electrons. The Balaban J connectivity index is 1.57. The molecular formula is C18H20FN3O2S. The first-order valence-corrected chi connectivity index (χ1v) is 9.14. The Morgan fingerprint density at radius 3 is 2.80 bits per heavy atom. The van der Waals surface area contributed by atoms with Crippen molar-refractivity contribution in [2.45, 2.75) is 26.3 Å². The molecule has 1 aliphatic heterocycles. The average molecular weight is 361 g/mol. The van der Waals surface area contributed by atoms with Crippen molar-refractivity contribution in [2.24, 2.45) is 5.92 Å². The zero-order chi connectivity index (χ0) is 17.8. The highest BCUT2D eigenvalue weighted by molar-refractivity contribution is 7.09. The van der Waals surface area contributed by atoms with Gasteiger partial charge in [-0.25, -0.2) is 9.37 Å². The Bertz CT molecular complexity index is 760. The van der Waals surface area contributed by atoms with Gasteiger partial charge in [0.2, 0.25) is 5.91 Å². The van der Waals surface area contributed by atoms with E-state index >= 15 is 0 Å². The van der Waals surface area contributed by atoms with Crippen LogP contribution in [0.3, 0.4) is 0 Å². The number of amides is 2. The van der Waals surface area contributed by atoms with Gasteiger partial charge in [-0.2, -0.15) is 0 Å². The number of aromatic nitrogens is 1. The largest absolute Gasteiger partial charge is 0.349 e. The Morgan fingerprint density at radius 1 is 1.36 bits per heavy atom. The zero-order valence-corrected chi connectivity index (χ0v) is 14.8. The van der Waals surface area contributed by atoms with E-state index in [0.29, 0.717) is 25.2 Å². The van der Waals surface area contributed by atoms with E-state index in [1.54, 1.807) is 4.90 Å². The Labute approximate surface area is 149 Å². The molecule has 2 heterocycles. The Hall–Kier alpha value is -2.28. The smallest absolute Gasteiger partial charge is 0.253 e. The van der Waals surface area contributed by atoms with Crippen molar-refractivity contribution in [3.63, 3.8) is 0 Å². The first kappa shape index (κ1) is 17.5. The molecule has 0 saturated carbocycles. The maximum atomic E-state index is 13.0. The molecule has 2 aromatic rings. The molecule has 0 radical (unpaired) electrons. The number of carbonyl (C=O) groups excluding carboxylic acids is 2. The molecule has 3 rings (SSSR count). The van der Waals surface area contributed by atoms with Crippen molar-refractivity contribution in [1.82, 2.24) is 15.2 Å². The summed E-state index contributed by atoms with van der Waals surface area (Å²) in [5.74, 6) is -0.804. The van der Waals surface area contributed by atoms with Gasteiger partial charge in [-0.05, 0) is 44.0 Å². The normalized spacial score (nSPS) is 17.4. The lowest BCUT2D eigenvalue weighted by atomic mass is 9.96. The van der Waals surface area contributed by atoms with E-state index in [-0.39, 0.29) is 23.5 Å². The second-order valence-corrected chi connectivity index (χ2v) is 7.14. The van der Waals surface area contributed by atoms with Gasteiger partial charge >= 0.3 is 0 Å². The van der Waals surface area contributed by atoms with Crippen LogP contribution >= 0.6 is 11.3 Å². The number of nitrogens with one attached hydrogen (secondary N) is 1. The number of nitrogens with zero attached hydrogens (tertiary/aromatic N) is 2. The van der Waals surface area contributed by atoms with Crippen LogP contribution in [0.1, 0.15) is 33.9 Å². The quantitative estimate of drug-likeness (QED) is 0.911. The molecule has 1 aliphatic rings. The number of hydrogen-bond acceptors (Lipinski definition) is 4. The second-order valence-electron chi connectivity index (χ2n) is 6.20. The van der Waals surface area contributed by atoms with Crippen LogP contribution in [0.2, 0.25) is 0 Å². The van der Waals surface area contributed by atoms with Crippen LogP contribution in [0.25, 0.3) is 0 Å². The van der Waals surface area contributed by atoms with Crippen LogP contribution in [0.15, 0.2) is 29.6 Å². The summed E-state index contributed by atoms with van der Waals surface area (Å²) in [6, 6.07) is 5.51. The molecular weight excluding hydrogens is 341 g/mol. The third kappa shape index (κ3) is 4.42. The van der Waals surface area contributed by atoms with E-state index in [1.165, 1.54) is 35.6 Å². The monoisotopic (exact) mass is 361 g/mol. The summed E-state index contributed by atoms with van der Waals surface area (Å²) in [6.07, 6.45) is 1.54. The molecule has 1 aromatic heterocycles. The lowest BCUT2D eigenvalue weighted by Gasteiger charge is -2.32. The van der Waals surface area contributed by atoms with Crippen molar-refractivity contribution < 1.29 is 14.0 Å². The number of hydrogen-bond donors (Lipinski definition) is 1. The van der Waals surface area contributed by atoms with Crippen LogP contribution in [-0.4, -0.2) is 34.8 Å². The fourth-order valence-electron chi connectivity index (χ4n) is 2.94. The summed E-state index contributed by atoms with van der Waals surface area (Å²) >= 11 is 1.52. The molecule has 0 bridgehead atoms. The van der Waals surface area contributed by atoms with Crippen molar-refractivity contribution in [3.8, 4) is 0 Å². The second kappa shape index (κ2) is 7.74. The van der Waals surface area contributed by atoms with Crippen molar-refractivity contribution in [1.29, 1.82) is 0 Å². The van der Waals surface area contributed by atoms with Gasteiger partial charge in [0.25, 0.3) is 5.91 Å². The van der Waals surface area contributed by atoms with Crippen LogP contribution in [0, 0.1) is 18.7 Å². The minimum atomic E-state index is -0.370. The maximum Gasteiger partial charge on any atom is 0.253 e. The minimum Gasteiger partial charge on any atom is -0.349 e. The van der Waals surface area contributed by atoms with Crippen molar-refractivity contribution in [3.05, 3.63) is 51.7 Å². The molecule has 1 atom stereocenters. The van der Waals surface area contributed by atoms with Gasteiger partial charge in [0.05, 0.1) is 12.5 Å². The van der Waals surface area contributed by atoms with E-state index in [2.05, 4.69) is 10.3 Å². The van der Waals surface area contributed by atoms with Crippen LogP contribution in [0.5, 0.6) is 0 Å². The highest BCUT2D eigenvalue weighted by Crippen LogP contribution is 2.19. The van der Waals surface area contributed by atoms with Gasteiger partial charge in [0, 0.05) is 29.7 Å². The van der Waals surface area contributed by atoms with Crippen LogP contribution in [0.4, 0.5) is 4.39 Å². The molecule has 0 spiro atoms. The molecule has 2 amide bonds. The van der Waals surface area contributed by atoms with E-state index < -0.39 is 0 Å². The summed E-state index contributed by atoms with van der Waals surface area (Å²) in [7, 11) is 0. The number of benzene rings is 1. The lowest BCUT2D eigenvalue weighted by Crippen LogP contribution is -2.45. The summed E-state index contributed by atoms with van der Waals surface area (Å²) in [6.45, 7) is 3.34. The van der Waals surface area contributed by atoms with Crippen molar-refractivity contribution in [2.75, 3.05) is 13.1 Å². The van der Waals surface area contributed by atoms with Crippen molar-refractivity contribution >= 4 is 23.2 Å².